The molecule has 0 fully saturated rings. The number of unbranched alkanes of at least 4 members (excludes halogenated alkanes) is 2. The molecule has 0 amide bonds. The van der Waals surface area contributed by atoms with Crippen molar-refractivity contribution in [3.63, 3.8) is 0 Å². The SMILES string of the molecule is CC#CCC1CC(CC(C)CCCC)C=CN1C(C)C/C(=C/C1=CC1C(CCC)NCCCC)P1C=CC1. The minimum Gasteiger partial charge on any atom is -0.371 e. The zero-order chi connectivity index (χ0) is 27.3. The summed E-state index contributed by atoms with van der Waals surface area (Å²) in [6.45, 7) is 15.0. The smallest absolute Gasteiger partial charge is 0.0402 e. The van der Waals surface area contributed by atoms with Gasteiger partial charge in [0.1, 0.15) is 0 Å². The molecule has 0 saturated heterocycles. The molecule has 3 aliphatic rings. The molecular formula is C35H57N2P. The fourth-order valence-electron chi connectivity index (χ4n) is 6.29. The van der Waals surface area contributed by atoms with Crippen LogP contribution in [0.5, 0.6) is 0 Å². The molecule has 1 aliphatic carbocycles. The van der Waals surface area contributed by atoms with Gasteiger partial charge >= 0.3 is 0 Å². The molecule has 0 aromatic rings. The van der Waals surface area contributed by atoms with Crippen molar-refractivity contribution in [1.82, 2.24) is 10.2 Å². The second-order valence-corrected chi connectivity index (χ2v) is 14.4. The first-order chi connectivity index (χ1) is 18.5. The molecule has 0 aromatic carbocycles. The first kappa shape index (κ1) is 31.2. The largest absolute Gasteiger partial charge is 0.371 e. The summed E-state index contributed by atoms with van der Waals surface area (Å²) < 4.78 is 0. The number of rotatable bonds is 18. The molecule has 2 heterocycles. The van der Waals surface area contributed by atoms with E-state index in [9.17, 15) is 0 Å². The van der Waals surface area contributed by atoms with E-state index in [1.807, 2.05) is 6.92 Å². The van der Waals surface area contributed by atoms with E-state index in [2.05, 4.69) is 93.0 Å². The first-order valence-corrected chi connectivity index (χ1v) is 17.5. The molecule has 0 aromatic heterocycles. The summed E-state index contributed by atoms with van der Waals surface area (Å²) in [7, 11) is -0.0784. The van der Waals surface area contributed by atoms with Crippen LogP contribution in [0.4, 0.5) is 0 Å². The molecule has 3 rings (SSSR count). The van der Waals surface area contributed by atoms with Crippen LogP contribution in [0.15, 0.2) is 47.2 Å². The lowest BCUT2D eigenvalue weighted by atomic mass is 9.84. The van der Waals surface area contributed by atoms with Crippen molar-refractivity contribution in [2.75, 3.05) is 12.7 Å². The number of hydrogen-bond donors (Lipinski definition) is 1. The average Bonchev–Trinajstić information content (AvgIpc) is 3.63. The highest BCUT2D eigenvalue weighted by molar-refractivity contribution is 7.66. The van der Waals surface area contributed by atoms with Gasteiger partial charge < -0.3 is 10.2 Å². The maximum atomic E-state index is 3.87. The Morgan fingerprint density at radius 2 is 1.95 bits per heavy atom. The summed E-state index contributed by atoms with van der Waals surface area (Å²) in [5.41, 5.74) is 1.60. The Morgan fingerprint density at radius 3 is 2.61 bits per heavy atom. The molecule has 38 heavy (non-hydrogen) atoms. The molecule has 1 N–H and O–H groups in total. The van der Waals surface area contributed by atoms with Gasteiger partial charge in [0.25, 0.3) is 0 Å². The van der Waals surface area contributed by atoms with Crippen LogP contribution in [-0.4, -0.2) is 35.7 Å². The van der Waals surface area contributed by atoms with E-state index in [0.717, 1.165) is 18.9 Å². The Morgan fingerprint density at radius 1 is 1.16 bits per heavy atom. The van der Waals surface area contributed by atoms with Crippen molar-refractivity contribution >= 4 is 7.92 Å². The Kier molecular flexibility index (Phi) is 13.8. The summed E-state index contributed by atoms with van der Waals surface area (Å²) in [5, 5.41) is 5.58. The Bertz CT molecular complexity index is 887. The number of nitrogens with one attached hydrogen (secondary N) is 1. The topological polar surface area (TPSA) is 15.3 Å². The van der Waals surface area contributed by atoms with Gasteiger partial charge in [0.2, 0.25) is 0 Å². The van der Waals surface area contributed by atoms with E-state index in [4.69, 9.17) is 0 Å². The molecule has 212 valence electrons. The van der Waals surface area contributed by atoms with Crippen molar-refractivity contribution < 1.29 is 0 Å². The van der Waals surface area contributed by atoms with Crippen LogP contribution in [0.1, 0.15) is 112 Å². The Balaban J connectivity index is 1.65. The highest BCUT2D eigenvalue weighted by atomic mass is 31.1. The Labute approximate surface area is 237 Å². The Hall–Kier alpha value is -1.29. The van der Waals surface area contributed by atoms with Gasteiger partial charge in [-0.2, -0.15) is 0 Å². The van der Waals surface area contributed by atoms with Gasteiger partial charge in [-0.1, -0.05) is 97.8 Å². The third kappa shape index (κ3) is 9.72. The van der Waals surface area contributed by atoms with Crippen LogP contribution in [0, 0.1) is 29.6 Å². The molecule has 0 radical (unpaired) electrons. The average molecular weight is 537 g/mol. The van der Waals surface area contributed by atoms with Crippen LogP contribution in [0.25, 0.3) is 0 Å². The second kappa shape index (κ2) is 16.7. The van der Waals surface area contributed by atoms with Crippen molar-refractivity contribution in [1.29, 1.82) is 0 Å². The lowest BCUT2D eigenvalue weighted by Crippen LogP contribution is -2.41. The van der Waals surface area contributed by atoms with E-state index in [-0.39, 0.29) is 7.92 Å². The van der Waals surface area contributed by atoms with Gasteiger partial charge in [0, 0.05) is 30.5 Å². The maximum absolute atomic E-state index is 3.87. The van der Waals surface area contributed by atoms with E-state index in [1.165, 1.54) is 70.4 Å². The van der Waals surface area contributed by atoms with Gasteiger partial charge in [-0.05, 0) is 87.6 Å². The van der Waals surface area contributed by atoms with Crippen LogP contribution in [0.2, 0.25) is 0 Å². The van der Waals surface area contributed by atoms with Crippen LogP contribution in [-0.2, 0) is 0 Å². The molecule has 7 unspecified atom stereocenters. The van der Waals surface area contributed by atoms with Gasteiger partial charge in [-0.3, -0.25) is 0 Å². The van der Waals surface area contributed by atoms with Gasteiger partial charge in [-0.15, -0.1) is 11.8 Å². The van der Waals surface area contributed by atoms with Gasteiger partial charge in [0.05, 0.1) is 0 Å². The predicted molar refractivity (Wildman–Crippen MR) is 171 cm³/mol. The van der Waals surface area contributed by atoms with E-state index >= 15 is 0 Å². The molecule has 7 atom stereocenters. The third-order valence-electron chi connectivity index (χ3n) is 8.72. The fourth-order valence-corrected chi connectivity index (χ4v) is 7.95. The van der Waals surface area contributed by atoms with Crippen molar-refractivity contribution in [3.05, 3.63) is 47.2 Å². The normalized spacial score (nSPS) is 26.7. The minimum atomic E-state index is -0.0784. The van der Waals surface area contributed by atoms with E-state index in [0.29, 0.717) is 30.0 Å². The monoisotopic (exact) mass is 536 g/mol. The van der Waals surface area contributed by atoms with Crippen LogP contribution >= 0.6 is 7.92 Å². The standard InChI is InChI=1S/C35H57N2P/c1-7-11-16-28(5)23-30-18-20-37(32(25-30)17-12-8-2)29(6)24-33(38-21-14-22-38)26-31-27-34(31)35(15-10-4)36-19-13-9-3/h14,18,20-21,26-30,32,34-36H,7,9-11,13,15-17,19,22-25H2,1-6H3/b33-26-. The number of nitrogens with zero attached hydrogens (tertiary/aromatic N) is 1. The van der Waals surface area contributed by atoms with E-state index < -0.39 is 0 Å². The summed E-state index contributed by atoms with van der Waals surface area (Å²) in [5.74, 6) is 11.3. The second-order valence-electron chi connectivity index (χ2n) is 12.2. The zero-order valence-electron chi connectivity index (χ0n) is 25.5. The molecule has 0 saturated carbocycles. The van der Waals surface area contributed by atoms with Crippen molar-refractivity contribution in [2.24, 2.45) is 17.8 Å². The lowest BCUT2D eigenvalue weighted by Gasteiger charge is -2.41. The fraction of sp³-hybridized carbons (Fsp3) is 0.714. The van der Waals surface area contributed by atoms with Gasteiger partial charge in [0.15, 0.2) is 0 Å². The predicted octanol–water partition coefficient (Wildman–Crippen LogP) is 9.61. The minimum absolute atomic E-state index is 0.0784. The highest BCUT2D eigenvalue weighted by Gasteiger charge is 2.33. The quantitative estimate of drug-likeness (QED) is 0.107. The van der Waals surface area contributed by atoms with Crippen molar-refractivity contribution in [2.45, 2.75) is 130 Å². The summed E-state index contributed by atoms with van der Waals surface area (Å²) in [4.78, 5) is 2.68. The summed E-state index contributed by atoms with van der Waals surface area (Å²) >= 11 is 0. The molecule has 2 nitrogen and oxygen atoms in total. The van der Waals surface area contributed by atoms with Crippen molar-refractivity contribution in [3.8, 4) is 11.8 Å². The van der Waals surface area contributed by atoms with Gasteiger partial charge in [-0.25, -0.2) is 0 Å². The molecular weight excluding hydrogens is 479 g/mol. The molecule has 2 aliphatic heterocycles. The van der Waals surface area contributed by atoms with Crippen LogP contribution < -0.4 is 5.32 Å². The zero-order valence-corrected chi connectivity index (χ0v) is 26.4. The highest BCUT2D eigenvalue weighted by Crippen LogP contribution is 2.55. The number of hydrogen-bond acceptors (Lipinski definition) is 2. The van der Waals surface area contributed by atoms with Crippen LogP contribution in [0.3, 0.4) is 0 Å². The maximum Gasteiger partial charge on any atom is 0.0402 e. The first-order valence-electron chi connectivity index (χ1n) is 15.9. The lowest BCUT2D eigenvalue weighted by molar-refractivity contribution is 0.170. The van der Waals surface area contributed by atoms with E-state index in [1.54, 1.807) is 10.9 Å². The molecule has 3 heteroatoms. The third-order valence-corrected chi connectivity index (χ3v) is 10.9. The molecule has 0 spiro atoms. The summed E-state index contributed by atoms with van der Waals surface area (Å²) in [6.07, 6.45) is 27.7. The summed E-state index contributed by atoms with van der Waals surface area (Å²) in [6, 6.07) is 1.68. The molecule has 0 bridgehead atoms. The number of allylic oxidation sites excluding steroid dienone is 3.